The fourth-order valence-electron chi connectivity index (χ4n) is 1.73. The van der Waals surface area contributed by atoms with Crippen molar-refractivity contribution in [3.63, 3.8) is 0 Å². The van der Waals surface area contributed by atoms with E-state index >= 15 is 0 Å². The Balaban J connectivity index is 0. The summed E-state index contributed by atoms with van der Waals surface area (Å²) in [5, 5.41) is 33.2. The molecule has 20 heavy (non-hydrogen) atoms. The Hall–Kier alpha value is 2.35. The predicted octanol–water partition coefficient (Wildman–Crippen LogP) is -10.3. The van der Waals surface area contributed by atoms with Crippen molar-refractivity contribution >= 4 is 22.7 Å². The molecular weight excluding hydrogens is 341 g/mol. The first-order chi connectivity index (χ1) is 8.00. The van der Waals surface area contributed by atoms with Crippen molar-refractivity contribution in [3.8, 4) is 5.75 Å². The van der Waals surface area contributed by atoms with Crippen LogP contribution < -0.4 is 169 Å². The summed E-state index contributed by atoms with van der Waals surface area (Å²) in [6.45, 7) is 0. The topological polar surface area (TPSA) is 103 Å². The van der Waals surface area contributed by atoms with Crippen LogP contribution in [0.3, 0.4) is 0 Å². The second kappa shape index (κ2) is 11.0. The Bertz CT molecular complexity index is 642. The minimum absolute atomic E-state index is 0. The molecule has 0 aliphatic heterocycles. The van der Waals surface area contributed by atoms with Crippen LogP contribution in [-0.2, 0) is 0 Å². The summed E-state index contributed by atoms with van der Waals surface area (Å²) in [5.74, 6) is -3.62. The van der Waals surface area contributed by atoms with Gasteiger partial charge < -0.3 is 24.9 Å². The van der Waals surface area contributed by atoms with Crippen molar-refractivity contribution < 1.29 is 179 Å². The summed E-state index contributed by atoms with van der Waals surface area (Å²) in [4.78, 5) is 21.8. The average Bonchev–Trinajstić information content (AvgIpc) is 2.26. The van der Waals surface area contributed by atoms with Gasteiger partial charge in [-0.25, -0.2) is 0 Å². The fourth-order valence-corrected chi connectivity index (χ4v) is 1.73. The Morgan fingerprint density at radius 1 is 0.850 bits per heavy atom. The van der Waals surface area contributed by atoms with Crippen LogP contribution in [0.2, 0.25) is 0 Å². The molecule has 0 saturated carbocycles. The molecule has 0 N–H and O–H groups in total. The van der Waals surface area contributed by atoms with Gasteiger partial charge in [0.15, 0.2) is 0 Å². The van der Waals surface area contributed by atoms with Crippen LogP contribution in [0.15, 0.2) is 30.3 Å². The fraction of sp³-hybridized carbons (Fsp3) is 0. The van der Waals surface area contributed by atoms with Crippen molar-refractivity contribution in [2.45, 2.75) is 0 Å². The number of benzene rings is 2. The van der Waals surface area contributed by atoms with Gasteiger partial charge in [0.2, 0.25) is 0 Å². The maximum absolute atomic E-state index is 11.2. The van der Waals surface area contributed by atoms with Crippen molar-refractivity contribution in [1.29, 1.82) is 0 Å². The maximum Gasteiger partial charge on any atom is 1.00 e. The molecule has 5 nitrogen and oxygen atoms in total. The molecule has 0 saturated heterocycles. The van der Waals surface area contributed by atoms with Gasteiger partial charge in [-0.05, 0) is 10.8 Å². The number of aromatic carboxylic acids is 2. The van der Waals surface area contributed by atoms with E-state index in [0.717, 1.165) is 12.1 Å². The molecule has 0 atom stereocenters. The molecule has 0 radical (unpaired) electrons. The van der Waals surface area contributed by atoms with Crippen LogP contribution in [0.4, 0.5) is 0 Å². The summed E-state index contributed by atoms with van der Waals surface area (Å²) in [6, 6.07) is 6.08. The zero-order valence-corrected chi connectivity index (χ0v) is 20.8. The Morgan fingerprint density at radius 2 is 1.40 bits per heavy atom. The quantitative estimate of drug-likeness (QED) is 0.502. The van der Waals surface area contributed by atoms with Crippen LogP contribution in [0.1, 0.15) is 20.7 Å². The van der Waals surface area contributed by atoms with Gasteiger partial charge >= 0.3 is 154 Å². The Labute approximate surface area is 242 Å². The number of fused-ring (bicyclic) bond motifs is 1. The number of carboxylic acids is 2. The van der Waals surface area contributed by atoms with E-state index in [2.05, 4.69) is 0 Å². The normalized spacial score (nSPS) is 8.80. The van der Waals surface area contributed by atoms with Crippen molar-refractivity contribution in [2.24, 2.45) is 0 Å². The minimum Gasteiger partial charge on any atom is -0.872 e. The minimum atomic E-state index is -1.60. The van der Waals surface area contributed by atoms with Crippen LogP contribution in [-0.4, -0.2) is 11.9 Å². The molecule has 0 fully saturated rings. The second-order valence-electron chi connectivity index (χ2n) is 3.45. The van der Waals surface area contributed by atoms with Crippen molar-refractivity contribution in [3.05, 3.63) is 41.5 Å². The molecule has 0 heterocycles. The summed E-state index contributed by atoms with van der Waals surface area (Å²) in [5.41, 5.74) is -0.714. The molecule has 0 aliphatic rings. The summed E-state index contributed by atoms with van der Waals surface area (Å²) in [6.07, 6.45) is 0. The van der Waals surface area contributed by atoms with Gasteiger partial charge in [0.05, 0.1) is 11.9 Å². The zero-order chi connectivity index (χ0) is 12.6. The molecule has 8 heteroatoms. The van der Waals surface area contributed by atoms with Gasteiger partial charge in [-0.1, -0.05) is 30.3 Å². The van der Waals surface area contributed by atoms with E-state index in [9.17, 15) is 24.9 Å². The van der Waals surface area contributed by atoms with Gasteiger partial charge in [0, 0.05) is 11.1 Å². The summed E-state index contributed by atoms with van der Waals surface area (Å²) in [7, 11) is 0. The third kappa shape index (κ3) is 5.77. The number of rotatable bonds is 2. The zero-order valence-electron chi connectivity index (χ0n) is 11.4. The standard InChI is InChI=1S/C12H8O5.3K/c13-7-4-6-2-1-3-8(11(14)15)10(6)9(5-7)12(16)17;;;/h1-5,13H,(H,14,15)(H,16,17);;;/q;3*+1/p-3. The van der Waals surface area contributed by atoms with E-state index in [0.29, 0.717) is 0 Å². The first-order valence-electron chi connectivity index (χ1n) is 4.67. The van der Waals surface area contributed by atoms with Gasteiger partial charge in [0.1, 0.15) is 0 Å². The Kier molecular flexibility index (Phi) is 13.5. The first kappa shape index (κ1) is 24.6. The number of carbonyl (C=O) groups is 2. The average molecular weight is 346 g/mol. The van der Waals surface area contributed by atoms with Crippen LogP contribution in [0.5, 0.6) is 5.75 Å². The number of hydrogen-bond acceptors (Lipinski definition) is 5. The van der Waals surface area contributed by atoms with Gasteiger partial charge in [-0.2, -0.15) is 0 Å². The SMILES string of the molecule is O=C([O-])c1cccc2cc([O-])cc(C(=O)[O-])c12.[K+].[K+].[K+]. The van der Waals surface area contributed by atoms with E-state index in [4.69, 9.17) is 0 Å². The van der Waals surface area contributed by atoms with Crippen molar-refractivity contribution in [2.75, 3.05) is 0 Å². The van der Waals surface area contributed by atoms with E-state index in [1.165, 1.54) is 18.2 Å². The molecule has 0 unspecified atom stereocenters. The smallest absolute Gasteiger partial charge is 0.872 e. The van der Waals surface area contributed by atoms with Crippen LogP contribution in [0.25, 0.3) is 10.8 Å². The van der Waals surface area contributed by atoms with Crippen LogP contribution >= 0.6 is 0 Å². The van der Waals surface area contributed by atoms with E-state index < -0.39 is 23.3 Å². The molecule has 0 aliphatic carbocycles. The molecule has 0 bridgehead atoms. The molecule has 0 spiro atoms. The van der Waals surface area contributed by atoms with Gasteiger partial charge in [0.25, 0.3) is 0 Å². The molecular formula is C12H5K3O5. The molecule has 0 aromatic heterocycles. The maximum atomic E-state index is 11.2. The monoisotopic (exact) mass is 346 g/mol. The third-order valence-electron chi connectivity index (χ3n) is 2.39. The molecule has 0 amide bonds. The molecule has 86 valence electrons. The van der Waals surface area contributed by atoms with Gasteiger partial charge in [-0.3, -0.25) is 0 Å². The van der Waals surface area contributed by atoms with Gasteiger partial charge in [-0.15, -0.1) is 5.75 Å². The Morgan fingerprint density at radius 3 is 1.90 bits per heavy atom. The third-order valence-corrected chi connectivity index (χ3v) is 2.39. The van der Waals surface area contributed by atoms with E-state index in [-0.39, 0.29) is 170 Å². The number of hydrogen-bond donors (Lipinski definition) is 0. The van der Waals surface area contributed by atoms with E-state index in [1.807, 2.05) is 0 Å². The number of carbonyl (C=O) groups excluding carboxylic acids is 2. The predicted molar refractivity (Wildman–Crippen MR) is 52.1 cm³/mol. The van der Waals surface area contributed by atoms with E-state index in [1.54, 1.807) is 0 Å². The van der Waals surface area contributed by atoms with Crippen LogP contribution in [0, 0.1) is 0 Å². The largest absolute Gasteiger partial charge is 1.00 e. The van der Waals surface area contributed by atoms with Crippen molar-refractivity contribution in [1.82, 2.24) is 0 Å². The molecule has 2 aromatic rings. The first-order valence-corrected chi connectivity index (χ1v) is 4.67. The number of carboxylic acid groups (broad SMARTS) is 2. The molecule has 2 aromatic carbocycles. The summed E-state index contributed by atoms with van der Waals surface area (Å²) < 4.78 is 0. The second-order valence-corrected chi connectivity index (χ2v) is 3.45. The molecule has 2 rings (SSSR count). The summed E-state index contributed by atoms with van der Waals surface area (Å²) >= 11 is 0.